The summed E-state index contributed by atoms with van der Waals surface area (Å²) in [4.78, 5) is 13.9. The Morgan fingerprint density at radius 2 is 1.10 bits per heavy atom. The molecular formula is C18H38N6O4S2. The van der Waals surface area contributed by atoms with Crippen LogP contribution >= 0.6 is 22.7 Å². The van der Waals surface area contributed by atoms with Crippen LogP contribution in [0, 0.1) is 0 Å². The normalized spacial score (nSPS) is 17.3. The molecule has 10 nitrogen and oxygen atoms in total. The summed E-state index contributed by atoms with van der Waals surface area (Å²) in [5.41, 5.74) is 0. The van der Waals surface area contributed by atoms with Crippen molar-refractivity contribution in [3.8, 4) is 0 Å². The number of hydrogen-bond acceptors (Lipinski definition) is 8. The maximum Gasteiger partial charge on any atom is 0.107 e. The van der Waals surface area contributed by atoms with Crippen molar-refractivity contribution < 1.29 is 21.9 Å². The number of nitrogens with one attached hydrogen (secondary N) is 2. The second-order valence-corrected chi connectivity index (χ2v) is 8.57. The molecule has 1 fully saturated rings. The molecule has 176 valence electrons. The number of nitrogens with zero attached hydrogens (tertiary/aromatic N) is 4. The van der Waals surface area contributed by atoms with Gasteiger partial charge in [-0.2, -0.15) is 0 Å². The summed E-state index contributed by atoms with van der Waals surface area (Å²) in [6, 6.07) is 0. The Morgan fingerprint density at radius 3 is 1.47 bits per heavy atom. The minimum atomic E-state index is 0. The smallest absolute Gasteiger partial charge is 0.107 e. The second-order valence-electron chi connectivity index (χ2n) is 6.61. The third-order valence-corrected chi connectivity index (χ3v) is 6.08. The van der Waals surface area contributed by atoms with Gasteiger partial charge in [0.25, 0.3) is 0 Å². The molecule has 10 N–H and O–H groups in total. The van der Waals surface area contributed by atoms with E-state index >= 15 is 0 Å². The fourth-order valence-corrected chi connectivity index (χ4v) is 4.48. The van der Waals surface area contributed by atoms with Crippen molar-refractivity contribution in [3.63, 3.8) is 0 Å². The van der Waals surface area contributed by atoms with Crippen molar-refractivity contribution in [2.24, 2.45) is 0 Å². The summed E-state index contributed by atoms with van der Waals surface area (Å²) in [7, 11) is 0. The molecule has 0 unspecified atom stereocenters. The lowest BCUT2D eigenvalue weighted by atomic mass is 10.3. The first-order valence-corrected chi connectivity index (χ1v) is 11.3. The van der Waals surface area contributed by atoms with E-state index < -0.39 is 0 Å². The zero-order valence-corrected chi connectivity index (χ0v) is 19.0. The molecule has 2 aromatic heterocycles. The van der Waals surface area contributed by atoms with Crippen LogP contribution in [-0.4, -0.2) is 94.0 Å². The van der Waals surface area contributed by atoms with Crippen LogP contribution in [0.25, 0.3) is 0 Å². The highest BCUT2D eigenvalue weighted by Gasteiger charge is 2.10. The van der Waals surface area contributed by atoms with Crippen molar-refractivity contribution in [1.82, 2.24) is 30.4 Å². The van der Waals surface area contributed by atoms with E-state index in [1.165, 1.54) is 22.9 Å². The predicted molar refractivity (Wildman–Crippen MR) is 124 cm³/mol. The lowest BCUT2D eigenvalue weighted by Gasteiger charge is -2.24. The molecule has 1 aliphatic rings. The van der Waals surface area contributed by atoms with Crippen molar-refractivity contribution in [2.45, 2.75) is 25.9 Å². The lowest BCUT2D eigenvalue weighted by Crippen LogP contribution is -2.38. The monoisotopic (exact) mass is 466 g/mol. The quantitative estimate of drug-likeness (QED) is 0.557. The van der Waals surface area contributed by atoms with Crippen molar-refractivity contribution in [2.75, 3.05) is 52.4 Å². The molecule has 0 aliphatic carbocycles. The molecular weight excluding hydrogens is 428 g/mol. The maximum absolute atomic E-state index is 4.44. The third-order valence-electron chi connectivity index (χ3n) is 4.55. The van der Waals surface area contributed by atoms with Gasteiger partial charge in [0, 0.05) is 49.3 Å². The van der Waals surface area contributed by atoms with Gasteiger partial charge in [-0.1, -0.05) is 0 Å². The van der Waals surface area contributed by atoms with Crippen LogP contribution < -0.4 is 10.6 Å². The van der Waals surface area contributed by atoms with E-state index in [1.54, 1.807) is 22.7 Å². The topological polar surface area (TPSA) is 182 Å². The summed E-state index contributed by atoms with van der Waals surface area (Å²) >= 11 is 3.51. The second kappa shape index (κ2) is 18.7. The molecule has 1 saturated heterocycles. The summed E-state index contributed by atoms with van der Waals surface area (Å²) in [5.74, 6) is 0. The van der Waals surface area contributed by atoms with Crippen LogP contribution in [-0.2, 0) is 13.1 Å². The van der Waals surface area contributed by atoms with Crippen LogP contribution in [0.3, 0.4) is 0 Å². The van der Waals surface area contributed by atoms with E-state index in [-0.39, 0.29) is 21.9 Å². The molecule has 0 radical (unpaired) electrons. The Balaban J connectivity index is 0. The highest BCUT2D eigenvalue weighted by Crippen LogP contribution is 2.09. The molecule has 0 amide bonds. The predicted octanol–water partition coefficient (Wildman–Crippen LogP) is -1.42. The van der Waals surface area contributed by atoms with Gasteiger partial charge in [0.05, 0.1) is 13.1 Å². The van der Waals surface area contributed by atoms with Crippen molar-refractivity contribution >= 4 is 22.7 Å². The summed E-state index contributed by atoms with van der Waals surface area (Å²) in [6.45, 7) is 10.6. The van der Waals surface area contributed by atoms with Crippen LogP contribution in [0.5, 0.6) is 0 Å². The first-order valence-electron chi connectivity index (χ1n) is 9.53. The molecule has 1 aliphatic heterocycles. The fourth-order valence-electron chi connectivity index (χ4n) is 3.16. The SMILES string of the molecule is O.O.O.O.c1csc(CN2CCCNCCN(Cc3nccs3)CCCNCC2)n1. The summed E-state index contributed by atoms with van der Waals surface area (Å²) < 4.78 is 0. The van der Waals surface area contributed by atoms with E-state index in [9.17, 15) is 0 Å². The zero-order chi connectivity index (χ0) is 17.9. The van der Waals surface area contributed by atoms with E-state index in [0.29, 0.717) is 0 Å². The van der Waals surface area contributed by atoms with E-state index in [1.807, 2.05) is 12.4 Å². The molecule has 0 aromatic carbocycles. The van der Waals surface area contributed by atoms with E-state index in [4.69, 9.17) is 0 Å². The Labute approximate surface area is 186 Å². The van der Waals surface area contributed by atoms with Gasteiger partial charge in [-0.3, -0.25) is 9.80 Å². The van der Waals surface area contributed by atoms with Gasteiger partial charge in [-0.15, -0.1) is 22.7 Å². The first-order chi connectivity index (χ1) is 12.9. The van der Waals surface area contributed by atoms with Gasteiger partial charge >= 0.3 is 0 Å². The Hall–Kier alpha value is -1.06. The first kappa shape index (κ1) is 31.1. The van der Waals surface area contributed by atoms with Gasteiger partial charge < -0.3 is 32.5 Å². The molecule has 0 spiro atoms. The molecule has 3 rings (SSSR count). The molecule has 0 saturated carbocycles. The van der Waals surface area contributed by atoms with Crippen LogP contribution in [0.2, 0.25) is 0 Å². The number of aromatic nitrogens is 2. The van der Waals surface area contributed by atoms with Crippen LogP contribution in [0.15, 0.2) is 23.2 Å². The largest absolute Gasteiger partial charge is 0.412 e. The van der Waals surface area contributed by atoms with Crippen LogP contribution in [0.4, 0.5) is 0 Å². The van der Waals surface area contributed by atoms with Gasteiger partial charge in [-0.05, 0) is 39.0 Å². The molecule has 0 bridgehead atoms. The Morgan fingerprint density at radius 1 is 0.667 bits per heavy atom. The molecule has 3 heterocycles. The maximum atomic E-state index is 4.44. The minimum absolute atomic E-state index is 0. The average Bonchev–Trinajstić information content (AvgIpc) is 3.33. The van der Waals surface area contributed by atoms with Crippen molar-refractivity contribution in [1.29, 1.82) is 0 Å². The molecule has 12 heteroatoms. The molecule has 2 aromatic rings. The fraction of sp³-hybridized carbons (Fsp3) is 0.667. The standard InChI is InChI=1S/C18H30N6S2.4H2O/c1-3-19-5-12-24(16-18-22-8-14-26-18)10-2-4-20-6-11-23(9-1)15-17-21-7-13-25-17;;;;/h7-8,13-14,19-20H,1-6,9-12,15-16H2;4*1H2. The molecule has 30 heavy (non-hydrogen) atoms. The summed E-state index contributed by atoms with van der Waals surface area (Å²) in [5, 5.41) is 13.8. The number of rotatable bonds is 4. The number of hydrogen-bond donors (Lipinski definition) is 2. The third kappa shape index (κ3) is 12.0. The minimum Gasteiger partial charge on any atom is -0.412 e. The lowest BCUT2D eigenvalue weighted by molar-refractivity contribution is 0.241. The van der Waals surface area contributed by atoms with E-state index in [0.717, 1.165) is 65.4 Å². The highest BCUT2D eigenvalue weighted by molar-refractivity contribution is 7.09. The van der Waals surface area contributed by atoms with Gasteiger partial charge in [0.2, 0.25) is 0 Å². The van der Waals surface area contributed by atoms with Gasteiger partial charge in [-0.25, -0.2) is 9.97 Å². The number of thiazole rings is 2. The van der Waals surface area contributed by atoms with Crippen molar-refractivity contribution in [3.05, 3.63) is 33.2 Å². The Kier molecular flexibility index (Phi) is 19.4. The molecule has 0 atom stereocenters. The van der Waals surface area contributed by atoms with Crippen LogP contribution in [0.1, 0.15) is 22.9 Å². The summed E-state index contributed by atoms with van der Waals surface area (Å²) in [6.07, 6.45) is 6.17. The van der Waals surface area contributed by atoms with E-state index in [2.05, 4.69) is 41.2 Å². The highest BCUT2D eigenvalue weighted by atomic mass is 32.1. The Bertz CT molecular complexity index is 523. The van der Waals surface area contributed by atoms with Gasteiger partial charge in [0.15, 0.2) is 0 Å². The average molecular weight is 467 g/mol. The zero-order valence-electron chi connectivity index (χ0n) is 17.4. The van der Waals surface area contributed by atoms with Gasteiger partial charge in [0.1, 0.15) is 10.0 Å².